The molecule has 0 aromatic carbocycles. The summed E-state index contributed by atoms with van der Waals surface area (Å²) in [6.07, 6.45) is 0.995. The van der Waals surface area contributed by atoms with Gasteiger partial charge in [-0.1, -0.05) is 32.5 Å². The highest BCUT2D eigenvalue weighted by Crippen LogP contribution is 2.33. The van der Waals surface area contributed by atoms with Crippen LogP contribution < -0.4 is 5.32 Å². The monoisotopic (exact) mass is 337 g/mol. The molecule has 2 aromatic heterocycles. The van der Waals surface area contributed by atoms with Gasteiger partial charge in [0, 0.05) is 16.8 Å². The molecule has 1 N–H and O–H groups in total. The second kappa shape index (κ2) is 7.42. The minimum Gasteiger partial charge on any atom is -0.355 e. The molecule has 120 valence electrons. The van der Waals surface area contributed by atoms with Crippen LogP contribution in [0.4, 0.5) is 0 Å². The molecule has 0 bridgehead atoms. The van der Waals surface area contributed by atoms with Crippen molar-refractivity contribution in [1.29, 1.82) is 0 Å². The number of rotatable bonds is 6. The maximum Gasteiger partial charge on any atom is 0.233 e. The molecule has 2 heterocycles. The minimum atomic E-state index is -0.166. The molecule has 1 unspecified atom stereocenters. The van der Waals surface area contributed by atoms with E-state index in [-0.39, 0.29) is 11.2 Å². The van der Waals surface area contributed by atoms with Crippen molar-refractivity contribution in [1.82, 2.24) is 15.3 Å². The van der Waals surface area contributed by atoms with Crippen molar-refractivity contribution in [3.05, 3.63) is 16.8 Å². The Balaban J connectivity index is 2.19. The van der Waals surface area contributed by atoms with Crippen LogP contribution in [-0.4, -0.2) is 27.7 Å². The van der Waals surface area contributed by atoms with E-state index in [1.807, 2.05) is 13.8 Å². The van der Waals surface area contributed by atoms with Crippen molar-refractivity contribution < 1.29 is 4.79 Å². The number of aromatic nitrogens is 2. The maximum absolute atomic E-state index is 12.2. The molecule has 6 heteroatoms. The van der Waals surface area contributed by atoms with E-state index >= 15 is 0 Å². The molecule has 2 aromatic rings. The van der Waals surface area contributed by atoms with E-state index in [1.165, 1.54) is 16.6 Å². The zero-order valence-corrected chi connectivity index (χ0v) is 15.4. The number of fused-ring (bicyclic) bond motifs is 1. The topological polar surface area (TPSA) is 54.9 Å². The van der Waals surface area contributed by atoms with Crippen molar-refractivity contribution in [3.8, 4) is 0 Å². The predicted octanol–water partition coefficient (Wildman–Crippen LogP) is 3.81. The number of aryl methyl sites for hydroxylation is 2. The molecule has 4 nitrogen and oxygen atoms in total. The van der Waals surface area contributed by atoms with Gasteiger partial charge in [-0.25, -0.2) is 9.97 Å². The summed E-state index contributed by atoms with van der Waals surface area (Å²) in [5, 5.41) is 4.79. The lowest BCUT2D eigenvalue weighted by Gasteiger charge is -2.13. The number of thiophene rings is 1. The Kier molecular flexibility index (Phi) is 5.81. The first-order valence-electron chi connectivity index (χ1n) is 7.62. The summed E-state index contributed by atoms with van der Waals surface area (Å²) < 4.78 is 0. The van der Waals surface area contributed by atoms with E-state index in [0.29, 0.717) is 12.5 Å². The molecule has 0 aliphatic rings. The molecular weight excluding hydrogens is 314 g/mol. The van der Waals surface area contributed by atoms with Crippen molar-refractivity contribution in [2.75, 3.05) is 6.54 Å². The molecule has 0 fully saturated rings. The van der Waals surface area contributed by atoms with Crippen LogP contribution >= 0.6 is 23.1 Å². The second-order valence-electron chi connectivity index (χ2n) is 5.76. The summed E-state index contributed by atoms with van der Waals surface area (Å²) >= 11 is 3.22. The SMILES string of the molecule is CCc1cc2c(SC(C)C(=O)NCC(C)C)nc(C)nc2s1. The van der Waals surface area contributed by atoms with Gasteiger partial charge in [0.05, 0.1) is 5.25 Å². The smallest absolute Gasteiger partial charge is 0.233 e. The molecule has 0 aliphatic heterocycles. The average molecular weight is 338 g/mol. The van der Waals surface area contributed by atoms with Gasteiger partial charge in [0.1, 0.15) is 15.7 Å². The van der Waals surface area contributed by atoms with E-state index < -0.39 is 0 Å². The number of carbonyl (C=O) groups excluding carboxylic acids is 1. The molecule has 2 rings (SSSR count). The van der Waals surface area contributed by atoms with E-state index in [1.54, 1.807) is 11.3 Å². The third kappa shape index (κ3) is 4.20. The highest BCUT2D eigenvalue weighted by atomic mass is 32.2. The van der Waals surface area contributed by atoms with Gasteiger partial charge in [-0.2, -0.15) is 0 Å². The van der Waals surface area contributed by atoms with Crippen LogP contribution in [0.1, 0.15) is 38.4 Å². The van der Waals surface area contributed by atoms with Crippen LogP contribution in [0.5, 0.6) is 0 Å². The summed E-state index contributed by atoms with van der Waals surface area (Å²) in [5.74, 6) is 1.28. The summed E-state index contributed by atoms with van der Waals surface area (Å²) in [5.41, 5.74) is 0. The van der Waals surface area contributed by atoms with Crippen LogP contribution in [-0.2, 0) is 11.2 Å². The molecular formula is C16H23N3OS2. The Hall–Kier alpha value is -1.14. The molecule has 0 saturated carbocycles. The number of carbonyl (C=O) groups is 1. The van der Waals surface area contributed by atoms with E-state index in [0.717, 1.165) is 27.5 Å². The maximum atomic E-state index is 12.2. The Morgan fingerprint density at radius 3 is 2.73 bits per heavy atom. The molecule has 1 atom stereocenters. The first kappa shape index (κ1) is 17.2. The summed E-state index contributed by atoms with van der Waals surface area (Å²) in [7, 11) is 0. The normalized spacial score (nSPS) is 12.8. The van der Waals surface area contributed by atoms with Gasteiger partial charge in [-0.05, 0) is 32.3 Å². The van der Waals surface area contributed by atoms with E-state index in [9.17, 15) is 4.79 Å². The van der Waals surface area contributed by atoms with E-state index in [4.69, 9.17) is 0 Å². The number of nitrogens with zero attached hydrogens (tertiary/aromatic N) is 2. The van der Waals surface area contributed by atoms with Crippen LogP contribution in [0.2, 0.25) is 0 Å². The van der Waals surface area contributed by atoms with Crippen LogP contribution in [0.3, 0.4) is 0 Å². The zero-order chi connectivity index (χ0) is 16.3. The Morgan fingerprint density at radius 2 is 2.09 bits per heavy atom. The minimum absolute atomic E-state index is 0.0639. The molecule has 22 heavy (non-hydrogen) atoms. The van der Waals surface area contributed by atoms with Gasteiger partial charge in [0.25, 0.3) is 0 Å². The number of amides is 1. The second-order valence-corrected chi connectivity index (χ2v) is 8.20. The Bertz CT molecular complexity index is 667. The predicted molar refractivity (Wildman–Crippen MR) is 94.7 cm³/mol. The zero-order valence-electron chi connectivity index (χ0n) is 13.8. The van der Waals surface area contributed by atoms with Crippen molar-refractivity contribution in [2.24, 2.45) is 5.92 Å². The van der Waals surface area contributed by atoms with Crippen molar-refractivity contribution in [2.45, 2.75) is 51.3 Å². The Morgan fingerprint density at radius 1 is 1.36 bits per heavy atom. The third-order valence-corrected chi connectivity index (χ3v) is 5.49. The molecule has 0 aliphatic carbocycles. The first-order chi connectivity index (χ1) is 10.4. The van der Waals surface area contributed by atoms with Gasteiger partial charge in [-0.3, -0.25) is 4.79 Å². The lowest BCUT2D eigenvalue weighted by molar-refractivity contribution is -0.120. The molecule has 0 saturated heterocycles. The van der Waals surface area contributed by atoms with Gasteiger partial charge < -0.3 is 5.32 Å². The first-order valence-corrected chi connectivity index (χ1v) is 9.31. The Labute approximate surface area is 140 Å². The summed E-state index contributed by atoms with van der Waals surface area (Å²) in [6.45, 7) is 10.9. The van der Waals surface area contributed by atoms with Gasteiger partial charge in [0.15, 0.2) is 0 Å². The lowest BCUT2D eigenvalue weighted by atomic mass is 10.2. The number of thioether (sulfide) groups is 1. The molecule has 0 spiro atoms. The van der Waals surface area contributed by atoms with Crippen LogP contribution in [0.25, 0.3) is 10.2 Å². The number of hydrogen-bond acceptors (Lipinski definition) is 5. The molecule has 1 amide bonds. The quantitative estimate of drug-likeness (QED) is 0.643. The highest BCUT2D eigenvalue weighted by Gasteiger charge is 2.18. The van der Waals surface area contributed by atoms with Gasteiger partial charge in [-0.15, -0.1) is 11.3 Å². The number of hydrogen-bond donors (Lipinski definition) is 1. The van der Waals surface area contributed by atoms with Crippen LogP contribution in [0.15, 0.2) is 11.1 Å². The lowest BCUT2D eigenvalue weighted by Crippen LogP contribution is -2.33. The third-order valence-electron chi connectivity index (χ3n) is 3.21. The van der Waals surface area contributed by atoms with Crippen molar-refractivity contribution >= 4 is 39.2 Å². The largest absolute Gasteiger partial charge is 0.355 e. The fraction of sp³-hybridized carbons (Fsp3) is 0.562. The van der Waals surface area contributed by atoms with Crippen LogP contribution in [0, 0.1) is 12.8 Å². The molecule has 0 radical (unpaired) electrons. The fourth-order valence-corrected chi connectivity index (χ4v) is 4.05. The van der Waals surface area contributed by atoms with Gasteiger partial charge in [0.2, 0.25) is 5.91 Å². The fourth-order valence-electron chi connectivity index (χ4n) is 1.98. The highest BCUT2D eigenvalue weighted by molar-refractivity contribution is 8.00. The van der Waals surface area contributed by atoms with E-state index in [2.05, 4.69) is 42.1 Å². The van der Waals surface area contributed by atoms with Crippen molar-refractivity contribution in [3.63, 3.8) is 0 Å². The summed E-state index contributed by atoms with van der Waals surface area (Å²) in [4.78, 5) is 23.5. The standard InChI is InChI=1S/C16H23N3OS2/c1-6-12-7-13-15(18-11(5)19-16(13)22-12)21-10(4)14(20)17-8-9(2)3/h7,9-10H,6,8H2,1-5H3,(H,17,20). The number of nitrogens with one attached hydrogen (secondary N) is 1. The average Bonchev–Trinajstić information content (AvgIpc) is 2.87. The van der Waals surface area contributed by atoms with Gasteiger partial charge >= 0.3 is 0 Å². The summed E-state index contributed by atoms with van der Waals surface area (Å²) in [6, 6.07) is 2.15.